The molecule has 2 N–H and O–H groups in total. The van der Waals surface area contributed by atoms with Crippen molar-refractivity contribution in [2.75, 3.05) is 0 Å². The lowest BCUT2D eigenvalue weighted by Crippen LogP contribution is -2.17. The van der Waals surface area contributed by atoms with Gasteiger partial charge >= 0.3 is 0 Å². The van der Waals surface area contributed by atoms with Gasteiger partial charge in [-0.15, -0.1) is 0 Å². The summed E-state index contributed by atoms with van der Waals surface area (Å²) < 4.78 is 42.1. The third-order valence-electron chi connectivity index (χ3n) is 2.73. The lowest BCUT2D eigenvalue weighted by molar-refractivity contribution is 0.531. The summed E-state index contributed by atoms with van der Waals surface area (Å²) in [6, 6.07) is 3.18. The van der Waals surface area contributed by atoms with Crippen molar-refractivity contribution in [3.8, 4) is 0 Å². The van der Waals surface area contributed by atoms with Crippen LogP contribution in [-0.4, -0.2) is 0 Å². The minimum Gasteiger partial charge on any atom is -0.320 e. The average molecular weight is 429 g/mol. The van der Waals surface area contributed by atoms with Crippen LogP contribution in [0.15, 0.2) is 33.2 Å². The first-order chi connectivity index (χ1) is 9.31. The summed E-state index contributed by atoms with van der Waals surface area (Å²) in [5.41, 5.74) is 5.28. The molecule has 106 valence electrons. The molecule has 1 atom stereocenters. The van der Waals surface area contributed by atoms with Crippen molar-refractivity contribution < 1.29 is 13.2 Å². The molecule has 0 saturated heterocycles. The largest absolute Gasteiger partial charge is 0.320 e. The van der Waals surface area contributed by atoms with Gasteiger partial charge < -0.3 is 5.73 Å². The van der Waals surface area contributed by atoms with E-state index in [9.17, 15) is 13.2 Å². The van der Waals surface area contributed by atoms with E-state index in [0.717, 1.165) is 18.2 Å². The lowest BCUT2D eigenvalue weighted by Gasteiger charge is -2.16. The van der Waals surface area contributed by atoms with E-state index >= 15 is 0 Å². The van der Waals surface area contributed by atoms with Gasteiger partial charge in [0.25, 0.3) is 0 Å². The van der Waals surface area contributed by atoms with Crippen molar-refractivity contribution in [3.05, 3.63) is 66.8 Å². The lowest BCUT2D eigenvalue weighted by atomic mass is 9.98. The topological polar surface area (TPSA) is 26.0 Å². The van der Waals surface area contributed by atoms with Crippen LogP contribution >= 0.6 is 43.5 Å². The normalized spacial score (nSPS) is 12.6. The number of benzene rings is 2. The van der Waals surface area contributed by atoms with E-state index < -0.39 is 29.1 Å². The highest BCUT2D eigenvalue weighted by Crippen LogP contribution is 2.33. The fraction of sp³-hybridized carbons (Fsp3) is 0.0769. The van der Waals surface area contributed by atoms with Gasteiger partial charge in [-0.1, -0.05) is 27.5 Å². The van der Waals surface area contributed by atoms with E-state index in [1.807, 2.05) is 0 Å². The van der Waals surface area contributed by atoms with Crippen LogP contribution in [0, 0.1) is 17.5 Å². The molecule has 2 rings (SSSR count). The zero-order valence-electron chi connectivity index (χ0n) is 9.73. The van der Waals surface area contributed by atoms with E-state index in [0.29, 0.717) is 4.47 Å². The van der Waals surface area contributed by atoms with Crippen LogP contribution in [0.25, 0.3) is 0 Å². The average Bonchev–Trinajstić information content (AvgIpc) is 2.32. The summed E-state index contributed by atoms with van der Waals surface area (Å²) in [7, 11) is 0. The third-order valence-corrected chi connectivity index (χ3v) is 4.38. The Morgan fingerprint density at radius 3 is 2.05 bits per heavy atom. The van der Waals surface area contributed by atoms with E-state index in [-0.39, 0.29) is 15.1 Å². The second-order valence-corrected chi connectivity index (χ2v) is 6.23. The number of hydrogen-bond donors (Lipinski definition) is 1. The number of rotatable bonds is 2. The van der Waals surface area contributed by atoms with Gasteiger partial charge in [0.15, 0.2) is 0 Å². The van der Waals surface area contributed by atoms with Crippen LogP contribution < -0.4 is 5.73 Å². The zero-order valence-corrected chi connectivity index (χ0v) is 13.7. The molecule has 2 aromatic carbocycles. The van der Waals surface area contributed by atoms with Crippen LogP contribution in [0.1, 0.15) is 17.2 Å². The Bertz CT molecular complexity index is 656. The maximum Gasteiger partial charge on any atom is 0.132 e. The minimum atomic E-state index is -1.30. The molecule has 0 aliphatic carbocycles. The fourth-order valence-electron chi connectivity index (χ4n) is 1.78. The number of hydrogen-bond acceptors (Lipinski definition) is 1. The second kappa shape index (κ2) is 6.05. The van der Waals surface area contributed by atoms with Gasteiger partial charge in [0.2, 0.25) is 0 Å². The van der Waals surface area contributed by atoms with Crippen LogP contribution in [-0.2, 0) is 0 Å². The Balaban J connectivity index is 2.57. The molecule has 0 saturated carbocycles. The van der Waals surface area contributed by atoms with Gasteiger partial charge in [-0.25, -0.2) is 13.2 Å². The molecular formula is C13H7Br2ClF3N. The summed E-state index contributed by atoms with van der Waals surface area (Å²) >= 11 is 11.9. The van der Waals surface area contributed by atoms with Crippen molar-refractivity contribution in [1.82, 2.24) is 0 Å². The summed E-state index contributed by atoms with van der Waals surface area (Å²) in [6.07, 6.45) is 0. The number of nitrogens with two attached hydrogens (primary N) is 1. The summed E-state index contributed by atoms with van der Waals surface area (Å²) in [5, 5.41) is 0.203. The van der Waals surface area contributed by atoms with Gasteiger partial charge in [0.05, 0.1) is 11.1 Å². The minimum absolute atomic E-state index is 0.0849. The molecule has 0 heterocycles. The molecule has 0 fully saturated rings. The monoisotopic (exact) mass is 427 g/mol. The van der Waals surface area contributed by atoms with Gasteiger partial charge in [-0.3, -0.25) is 0 Å². The van der Waals surface area contributed by atoms with Gasteiger partial charge in [0, 0.05) is 20.1 Å². The molecule has 0 bridgehead atoms. The van der Waals surface area contributed by atoms with Gasteiger partial charge in [-0.05, 0) is 40.2 Å². The second-order valence-electron chi connectivity index (χ2n) is 4.05. The van der Waals surface area contributed by atoms with Crippen molar-refractivity contribution in [3.63, 3.8) is 0 Å². The van der Waals surface area contributed by atoms with E-state index in [1.165, 1.54) is 6.07 Å². The predicted molar refractivity (Wildman–Crippen MR) is 79.2 cm³/mol. The molecular weight excluding hydrogens is 422 g/mol. The van der Waals surface area contributed by atoms with Crippen molar-refractivity contribution in [1.29, 1.82) is 0 Å². The molecule has 20 heavy (non-hydrogen) atoms. The zero-order chi connectivity index (χ0) is 15.0. The predicted octanol–water partition coefficient (Wildman–Crippen LogP) is 5.33. The standard InChI is InChI=1S/C13H7Br2ClF3N/c14-5-1-10(18)12(11(19)2-5)13(20)6-3-8(16)7(15)4-9(6)17/h1-4,13H,20H2. The summed E-state index contributed by atoms with van der Waals surface area (Å²) in [4.78, 5) is 0. The molecule has 0 spiro atoms. The van der Waals surface area contributed by atoms with E-state index in [4.69, 9.17) is 17.3 Å². The van der Waals surface area contributed by atoms with Crippen LogP contribution in [0.3, 0.4) is 0 Å². The summed E-state index contributed by atoms with van der Waals surface area (Å²) in [5.74, 6) is -2.42. The van der Waals surface area contributed by atoms with E-state index in [1.54, 1.807) is 0 Å². The molecule has 1 unspecified atom stereocenters. The molecule has 1 nitrogen and oxygen atoms in total. The maximum absolute atomic E-state index is 13.9. The van der Waals surface area contributed by atoms with Crippen molar-refractivity contribution >= 4 is 43.5 Å². The van der Waals surface area contributed by atoms with Crippen LogP contribution in [0.2, 0.25) is 5.02 Å². The molecule has 0 aromatic heterocycles. The van der Waals surface area contributed by atoms with E-state index in [2.05, 4.69) is 31.9 Å². The Labute approximate surface area is 135 Å². The maximum atomic E-state index is 13.9. The molecule has 7 heteroatoms. The van der Waals surface area contributed by atoms with Crippen LogP contribution in [0.4, 0.5) is 13.2 Å². The summed E-state index contributed by atoms with van der Waals surface area (Å²) in [6.45, 7) is 0. The molecule has 0 amide bonds. The fourth-order valence-corrected chi connectivity index (χ4v) is 2.67. The first-order valence-corrected chi connectivity index (χ1v) is 7.32. The van der Waals surface area contributed by atoms with Crippen molar-refractivity contribution in [2.45, 2.75) is 6.04 Å². The Kier molecular flexibility index (Phi) is 4.79. The highest BCUT2D eigenvalue weighted by Gasteiger charge is 2.22. The SMILES string of the molecule is NC(c1cc(Cl)c(Br)cc1F)c1c(F)cc(Br)cc1F. The Morgan fingerprint density at radius 2 is 1.50 bits per heavy atom. The smallest absolute Gasteiger partial charge is 0.132 e. The molecule has 2 aromatic rings. The number of halogens is 6. The Hall–Kier alpha value is -0.560. The molecule has 0 aliphatic rings. The highest BCUT2D eigenvalue weighted by molar-refractivity contribution is 9.10. The first kappa shape index (κ1) is 15.8. The van der Waals surface area contributed by atoms with Gasteiger partial charge in [0.1, 0.15) is 17.5 Å². The molecule has 0 radical (unpaired) electrons. The quantitative estimate of drug-likeness (QED) is 0.642. The first-order valence-electron chi connectivity index (χ1n) is 5.35. The van der Waals surface area contributed by atoms with Crippen molar-refractivity contribution in [2.24, 2.45) is 5.73 Å². The Morgan fingerprint density at radius 1 is 0.950 bits per heavy atom. The van der Waals surface area contributed by atoms with Crippen LogP contribution in [0.5, 0.6) is 0 Å². The third kappa shape index (κ3) is 3.03. The molecule has 0 aliphatic heterocycles. The highest BCUT2D eigenvalue weighted by atomic mass is 79.9. The van der Waals surface area contributed by atoms with Gasteiger partial charge in [-0.2, -0.15) is 0 Å².